The summed E-state index contributed by atoms with van der Waals surface area (Å²) in [7, 11) is 3.23. The third kappa shape index (κ3) is 6.81. The van der Waals surface area contributed by atoms with Crippen LogP contribution in [-0.4, -0.2) is 81.4 Å². The summed E-state index contributed by atoms with van der Waals surface area (Å²) in [5.74, 6) is -1.29. The van der Waals surface area contributed by atoms with Gasteiger partial charge in [-0.2, -0.15) is 13.2 Å². The molecule has 2 fully saturated rings. The predicted molar refractivity (Wildman–Crippen MR) is 163 cm³/mol. The van der Waals surface area contributed by atoms with Crippen LogP contribution in [0.25, 0.3) is 11.1 Å². The zero-order valence-corrected chi connectivity index (χ0v) is 25.8. The van der Waals surface area contributed by atoms with Crippen molar-refractivity contribution in [3.05, 3.63) is 64.1 Å². The van der Waals surface area contributed by atoms with Crippen LogP contribution in [0.4, 0.5) is 34.9 Å². The molecule has 2 aliphatic heterocycles. The van der Waals surface area contributed by atoms with E-state index in [9.17, 15) is 27.9 Å². The number of nitrogens with zero attached hydrogens (tertiary/aromatic N) is 6. The van der Waals surface area contributed by atoms with E-state index in [1.807, 2.05) is 30.7 Å². The van der Waals surface area contributed by atoms with Crippen LogP contribution in [0.5, 0.6) is 0 Å². The molecule has 5 rings (SSSR count). The fraction of sp³-hybridized carbons (Fsp3) is 0.484. The van der Waals surface area contributed by atoms with Crippen molar-refractivity contribution in [3.8, 4) is 11.1 Å². The number of rotatable bonds is 5. The van der Waals surface area contributed by atoms with Crippen molar-refractivity contribution in [2.75, 3.05) is 48.3 Å². The van der Waals surface area contributed by atoms with Crippen LogP contribution in [0.15, 0.2) is 41.6 Å². The first kappa shape index (κ1) is 32.4. The number of carbonyl (C=O) groups is 1. The number of aryl methyl sites for hydroxylation is 1. The van der Waals surface area contributed by atoms with Gasteiger partial charge in [-0.3, -0.25) is 14.5 Å². The molecule has 1 aromatic carbocycles. The van der Waals surface area contributed by atoms with Gasteiger partial charge in [-0.1, -0.05) is 0 Å². The number of halogens is 4. The first-order valence-electron chi connectivity index (χ1n) is 14.7. The predicted octanol–water partition coefficient (Wildman–Crippen LogP) is 4.13. The highest BCUT2D eigenvalue weighted by atomic mass is 19.4. The van der Waals surface area contributed by atoms with Gasteiger partial charge in [0.05, 0.1) is 28.1 Å². The SMILES string of the molecule is CC1CN(c2cc(F)c(-c3cnc(N4CCC(C)(O)CC4)nc3)cc2NC(=O)c2cn(C)c(=O)cc2C(F)(F)F)CC(C)N1C. The number of hydrogen-bond acceptors (Lipinski definition) is 8. The van der Waals surface area contributed by atoms with E-state index >= 15 is 4.39 Å². The number of amides is 1. The molecule has 2 atom stereocenters. The number of piperidine rings is 1. The molecule has 2 aromatic heterocycles. The second-order valence-corrected chi connectivity index (χ2v) is 12.4. The average molecular weight is 632 g/mol. The Hall–Kier alpha value is -4.04. The lowest BCUT2D eigenvalue weighted by atomic mass is 9.94. The van der Waals surface area contributed by atoms with Gasteiger partial charge in [0.1, 0.15) is 5.82 Å². The van der Waals surface area contributed by atoms with Gasteiger partial charge in [-0.05, 0) is 52.8 Å². The van der Waals surface area contributed by atoms with Crippen molar-refractivity contribution in [2.45, 2.75) is 57.5 Å². The minimum atomic E-state index is -4.96. The molecular weight excluding hydrogens is 594 g/mol. The van der Waals surface area contributed by atoms with E-state index in [0.29, 0.717) is 62.3 Å². The Labute approximate surface area is 258 Å². The second kappa shape index (κ2) is 12.0. The van der Waals surface area contributed by atoms with Gasteiger partial charge in [0.2, 0.25) is 5.95 Å². The lowest BCUT2D eigenvalue weighted by Crippen LogP contribution is -2.55. The molecule has 4 heterocycles. The average Bonchev–Trinajstić information content (AvgIpc) is 2.97. The molecule has 14 heteroatoms. The van der Waals surface area contributed by atoms with E-state index in [0.717, 1.165) is 10.8 Å². The zero-order valence-electron chi connectivity index (χ0n) is 25.8. The molecule has 0 aliphatic carbocycles. The largest absolute Gasteiger partial charge is 0.417 e. The number of pyridine rings is 1. The van der Waals surface area contributed by atoms with Crippen LogP contribution >= 0.6 is 0 Å². The number of anilines is 3. The minimum absolute atomic E-state index is 0.0499. The van der Waals surface area contributed by atoms with Crippen molar-refractivity contribution in [1.29, 1.82) is 0 Å². The highest BCUT2D eigenvalue weighted by molar-refractivity contribution is 6.07. The van der Waals surface area contributed by atoms with Crippen molar-refractivity contribution < 1.29 is 27.5 Å². The number of benzene rings is 1. The van der Waals surface area contributed by atoms with Crippen LogP contribution in [0.3, 0.4) is 0 Å². The van der Waals surface area contributed by atoms with Gasteiger partial charge in [-0.15, -0.1) is 0 Å². The van der Waals surface area contributed by atoms with Gasteiger partial charge in [0, 0.05) is 81.1 Å². The van der Waals surface area contributed by atoms with Crippen LogP contribution in [0, 0.1) is 5.82 Å². The smallest absolute Gasteiger partial charge is 0.390 e. The highest BCUT2D eigenvalue weighted by Gasteiger charge is 2.37. The molecule has 2 N–H and O–H groups in total. The molecule has 3 aromatic rings. The topological polar surface area (TPSA) is 107 Å². The Kier molecular flexibility index (Phi) is 8.66. The Morgan fingerprint density at radius 1 is 1.02 bits per heavy atom. The van der Waals surface area contributed by atoms with Gasteiger partial charge >= 0.3 is 6.18 Å². The van der Waals surface area contributed by atoms with Crippen molar-refractivity contribution in [2.24, 2.45) is 7.05 Å². The highest BCUT2D eigenvalue weighted by Crippen LogP contribution is 2.37. The molecule has 2 saturated heterocycles. The van der Waals surface area contributed by atoms with Crippen LogP contribution < -0.4 is 20.7 Å². The zero-order chi connectivity index (χ0) is 32.8. The van der Waals surface area contributed by atoms with Gasteiger partial charge in [-0.25, -0.2) is 14.4 Å². The minimum Gasteiger partial charge on any atom is -0.390 e. The number of aromatic nitrogens is 3. The van der Waals surface area contributed by atoms with E-state index in [1.54, 1.807) is 6.92 Å². The van der Waals surface area contributed by atoms with Gasteiger partial charge in [0.25, 0.3) is 11.5 Å². The van der Waals surface area contributed by atoms with Crippen molar-refractivity contribution >= 4 is 23.2 Å². The first-order valence-corrected chi connectivity index (χ1v) is 14.7. The van der Waals surface area contributed by atoms with E-state index in [1.165, 1.54) is 31.6 Å². The Morgan fingerprint density at radius 2 is 1.62 bits per heavy atom. The molecule has 2 unspecified atom stereocenters. The summed E-state index contributed by atoms with van der Waals surface area (Å²) in [6, 6.07) is 3.17. The summed E-state index contributed by atoms with van der Waals surface area (Å²) in [5, 5.41) is 12.8. The molecule has 242 valence electrons. The number of alkyl halides is 3. The standard InChI is InChI=1S/C31H37F4N7O3/c1-18-15-42(16-19(2)40(18)5)26-12-24(32)21(20-13-36-29(37-14-20)41-8-6-30(3,45)7-9-41)10-25(26)38-28(44)22-17-39(4)27(43)11-23(22)31(33,34)35/h10-14,17-19,45H,6-9,15-16H2,1-5H3,(H,38,44). The maximum atomic E-state index is 15.8. The molecule has 2 aliphatic rings. The molecule has 0 saturated carbocycles. The molecule has 0 bridgehead atoms. The fourth-order valence-electron chi connectivity index (χ4n) is 5.79. The summed E-state index contributed by atoms with van der Waals surface area (Å²) >= 11 is 0. The maximum Gasteiger partial charge on any atom is 0.417 e. The third-order valence-electron chi connectivity index (χ3n) is 8.89. The lowest BCUT2D eigenvalue weighted by molar-refractivity contribution is -0.138. The number of aliphatic hydroxyl groups is 1. The Morgan fingerprint density at radius 3 is 2.20 bits per heavy atom. The first-order chi connectivity index (χ1) is 21.0. The normalized spacial score (nSPS) is 20.8. The second-order valence-electron chi connectivity index (χ2n) is 12.4. The summed E-state index contributed by atoms with van der Waals surface area (Å²) in [5.41, 5.74) is -3.00. The van der Waals surface area contributed by atoms with Gasteiger partial charge in [0.15, 0.2) is 0 Å². The summed E-state index contributed by atoms with van der Waals surface area (Å²) in [6.45, 7) is 7.87. The van der Waals surface area contributed by atoms with Gasteiger partial charge < -0.3 is 24.8 Å². The number of hydrogen-bond donors (Lipinski definition) is 2. The summed E-state index contributed by atoms with van der Waals surface area (Å²) < 4.78 is 58.4. The molecular formula is C31H37F4N7O3. The maximum absolute atomic E-state index is 15.8. The van der Waals surface area contributed by atoms with Crippen LogP contribution in [0.1, 0.15) is 49.5 Å². The summed E-state index contributed by atoms with van der Waals surface area (Å²) in [4.78, 5) is 40.3. The molecule has 10 nitrogen and oxygen atoms in total. The molecule has 1 amide bonds. The number of carbonyl (C=O) groups excluding carboxylic acids is 1. The van der Waals surface area contributed by atoms with E-state index < -0.39 is 40.2 Å². The van der Waals surface area contributed by atoms with Crippen molar-refractivity contribution in [3.63, 3.8) is 0 Å². The Bertz CT molecular complexity index is 1620. The van der Waals surface area contributed by atoms with Crippen LogP contribution in [-0.2, 0) is 13.2 Å². The lowest BCUT2D eigenvalue weighted by Gasteiger charge is -2.44. The molecule has 0 radical (unpaired) electrons. The number of piperazine rings is 1. The van der Waals surface area contributed by atoms with E-state index in [4.69, 9.17) is 0 Å². The fourth-order valence-corrected chi connectivity index (χ4v) is 5.79. The quantitative estimate of drug-likeness (QED) is 0.405. The van der Waals surface area contributed by atoms with E-state index in [2.05, 4.69) is 20.2 Å². The molecule has 0 spiro atoms. The van der Waals surface area contributed by atoms with E-state index in [-0.39, 0.29) is 23.3 Å². The monoisotopic (exact) mass is 631 g/mol. The number of likely N-dealkylation sites (N-methyl/N-ethyl adjacent to an activating group) is 1. The number of nitrogens with one attached hydrogen (secondary N) is 1. The van der Waals surface area contributed by atoms with Crippen LogP contribution in [0.2, 0.25) is 0 Å². The third-order valence-corrected chi connectivity index (χ3v) is 8.89. The van der Waals surface area contributed by atoms with Crippen molar-refractivity contribution in [1.82, 2.24) is 19.4 Å². The Balaban J connectivity index is 1.54. The summed E-state index contributed by atoms with van der Waals surface area (Å²) in [6.07, 6.45) is -0.112. The molecule has 45 heavy (non-hydrogen) atoms.